The molecule has 0 fully saturated rings. The predicted molar refractivity (Wildman–Crippen MR) is 140 cm³/mol. The number of carboxylic acid groups (broad SMARTS) is 1. The number of aliphatic carboxylic acids is 1. The fraction of sp³-hybridized carbons (Fsp3) is 0.593. The van der Waals surface area contributed by atoms with Crippen molar-refractivity contribution in [3.8, 4) is 11.5 Å². The van der Waals surface area contributed by atoms with Crippen LogP contribution >= 0.6 is 11.3 Å². The third-order valence-electron chi connectivity index (χ3n) is 6.43. The molecule has 0 aliphatic carbocycles. The molecule has 0 amide bonds. The predicted octanol–water partition coefficient (Wildman–Crippen LogP) is 6.13. The zero-order chi connectivity index (χ0) is 24.3. The molecule has 184 valence electrons. The van der Waals surface area contributed by atoms with E-state index >= 15 is 0 Å². The summed E-state index contributed by atoms with van der Waals surface area (Å²) in [7, 11) is 0. The molecule has 0 radical (unpaired) electrons. The van der Waals surface area contributed by atoms with Gasteiger partial charge in [-0.1, -0.05) is 0 Å². The zero-order valence-corrected chi connectivity index (χ0v) is 24.8. The fourth-order valence-electron chi connectivity index (χ4n) is 4.37. The number of benzene rings is 1. The summed E-state index contributed by atoms with van der Waals surface area (Å²) in [6.45, 7) is 11.2. The Balaban J connectivity index is 2.17. The zero-order valence-electron chi connectivity index (χ0n) is 21.1. The standard InChI is InChI=1S/C15H15O4S.3C4H9.Sn/c1-10-5-6-20-14(10)8-18-12-3-4-13(11(2)7-12)19-9-15(16)17;3*1-3-4-2;/h3-5,7H,8-9H2,1-2H3,(H,16,17);3*1,3-4H2,2H3;/p-1. The van der Waals surface area contributed by atoms with Gasteiger partial charge >= 0.3 is 199 Å². The molecule has 0 atom stereocenters. The minimum atomic E-state index is -2.41. The molecule has 2 aromatic rings. The van der Waals surface area contributed by atoms with E-state index in [0.717, 1.165) is 11.3 Å². The van der Waals surface area contributed by atoms with Crippen LogP contribution in [0.1, 0.15) is 75.3 Å². The first-order valence-electron chi connectivity index (χ1n) is 12.5. The molecular formula is C27H41O4SSn-. The average Bonchev–Trinajstić information content (AvgIpc) is 3.17. The van der Waals surface area contributed by atoms with Gasteiger partial charge in [0.25, 0.3) is 0 Å². The Morgan fingerprint density at radius 3 is 2.03 bits per heavy atom. The molecule has 1 heterocycles. The number of ether oxygens (including phenoxy) is 2. The minimum absolute atomic E-state index is 0.445. The van der Waals surface area contributed by atoms with Crippen molar-refractivity contribution >= 4 is 38.6 Å². The summed E-state index contributed by atoms with van der Waals surface area (Å²) in [6.07, 6.45) is 7.99. The van der Waals surface area contributed by atoms with E-state index < -0.39 is 31.0 Å². The number of unbranched alkanes of at least 4 members (excludes halogenated alkanes) is 3. The molecule has 1 aromatic heterocycles. The van der Waals surface area contributed by atoms with Gasteiger partial charge in [0.1, 0.15) is 0 Å². The molecule has 0 aliphatic heterocycles. The SMILES string of the molecule is CCC[CH2][Sn]([CH2]CCC)([CH2]CCC)[c]1cc(C)c(COc2ccc(OCC(=O)[O-])c(C)c2)s1. The fourth-order valence-corrected chi connectivity index (χ4v) is 25.0. The molecular weight excluding hydrogens is 539 g/mol. The quantitative estimate of drug-likeness (QED) is 0.224. The van der Waals surface area contributed by atoms with Gasteiger partial charge in [0.2, 0.25) is 0 Å². The van der Waals surface area contributed by atoms with Gasteiger partial charge < -0.3 is 9.90 Å². The molecule has 0 N–H and O–H groups in total. The summed E-state index contributed by atoms with van der Waals surface area (Å²) in [5.74, 6) is 0.0973. The van der Waals surface area contributed by atoms with Crippen molar-refractivity contribution in [2.24, 2.45) is 0 Å². The number of carbonyl (C=O) groups is 1. The number of carboxylic acids is 1. The van der Waals surface area contributed by atoms with Gasteiger partial charge in [-0.05, 0) is 0 Å². The third-order valence-corrected chi connectivity index (χ3v) is 25.9. The van der Waals surface area contributed by atoms with E-state index in [1.165, 1.54) is 62.3 Å². The monoisotopic (exact) mass is 581 g/mol. The number of hydrogen-bond donors (Lipinski definition) is 0. The Morgan fingerprint density at radius 1 is 0.909 bits per heavy atom. The average molecular weight is 580 g/mol. The molecule has 1 aromatic carbocycles. The first-order valence-corrected chi connectivity index (χ1v) is 20.8. The van der Waals surface area contributed by atoms with E-state index in [0.29, 0.717) is 12.4 Å². The summed E-state index contributed by atoms with van der Waals surface area (Å²) >= 11 is -0.385. The van der Waals surface area contributed by atoms with Crippen LogP contribution in [0.4, 0.5) is 0 Å². The topological polar surface area (TPSA) is 58.6 Å². The summed E-state index contributed by atoms with van der Waals surface area (Å²) in [5.41, 5.74) is 2.22. The van der Waals surface area contributed by atoms with Crippen LogP contribution in [0.5, 0.6) is 11.5 Å². The van der Waals surface area contributed by atoms with Crippen LogP contribution in [0.2, 0.25) is 13.3 Å². The van der Waals surface area contributed by atoms with Crippen molar-refractivity contribution in [2.75, 3.05) is 6.61 Å². The summed E-state index contributed by atoms with van der Waals surface area (Å²) in [6, 6.07) is 8.03. The van der Waals surface area contributed by atoms with E-state index in [4.69, 9.17) is 9.47 Å². The Bertz CT molecular complexity index is 855. The van der Waals surface area contributed by atoms with Gasteiger partial charge in [0.05, 0.1) is 0 Å². The van der Waals surface area contributed by atoms with E-state index in [-0.39, 0.29) is 0 Å². The van der Waals surface area contributed by atoms with Gasteiger partial charge in [-0.2, -0.15) is 0 Å². The van der Waals surface area contributed by atoms with Gasteiger partial charge in [-0.15, -0.1) is 0 Å². The van der Waals surface area contributed by atoms with Crippen LogP contribution in [0.25, 0.3) is 0 Å². The molecule has 0 saturated heterocycles. The number of aryl methyl sites for hydroxylation is 2. The third kappa shape index (κ3) is 8.50. The van der Waals surface area contributed by atoms with Crippen LogP contribution in [-0.4, -0.2) is 31.0 Å². The van der Waals surface area contributed by atoms with E-state index in [9.17, 15) is 9.90 Å². The van der Waals surface area contributed by atoms with Gasteiger partial charge in [0, 0.05) is 0 Å². The number of hydrogen-bond acceptors (Lipinski definition) is 5. The van der Waals surface area contributed by atoms with Crippen molar-refractivity contribution in [1.82, 2.24) is 0 Å². The van der Waals surface area contributed by atoms with Crippen molar-refractivity contribution in [3.63, 3.8) is 0 Å². The summed E-state index contributed by atoms with van der Waals surface area (Å²) < 4.78 is 17.6. The molecule has 0 spiro atoms. The van der Waals surface area contributed by atoms with Crippen molar-refractivity contribution < 1.29 is 19.4 Å². The molecule has 0 bridgehead atoms. The summed E-state index contributed by atoms with van der Waals surface area (Å²) in [5, 5.41) is 10.6. The van der Waals surface area contributed by atoms with Crippen LogP contribution in [0.3, 0.4) is 0 Å². The van der Waals surface area contributed by atoms with E-state index in [1.807, 2.05) is 30.4 Å². The molecule has 2 rings (SSSR count). The van der Waals surface area contributed by atoms with Crippen molar-refractivity contribution in [2.45, 2.75) is 93.1 Å². The maximum absolute atomic E-state index is 10.6. The number of thiophene rings is 1. The second-order valence-electron chi connectivity index (χ2n) is 9.18. The molecule has 6 heteroatoms. The number of rotatable bonds is 16. The van der Waals surface area contributed by atoms with Crippen LogP contribution in [0, 0.1) is 13.8 Å². The van der Waals surface area contributed by atoms with E-state index in [2.05, 4.69) is 33.8 Å². The molecule has 4 nitrogen and oxygen atoms in total. The normalized spacial score (nSPS) is 11.5. The van der Waals surface area contributed by atoms with Gasteiger partial charge in [0.15, 0.2) is 0 Å². The Hall–Kier alpha value is -1.21. The molecule has 33 heavy (non-hydrogen) atoms. The first kappa shape index (κ1) is 28.0. The van der Waals surface area contributed by atoms with Crippen LogP contribution < -0.4 is 17.5 Å². The van der Waals surface area contributed by atoms with Crippen molar-refractivity contribution in [3.05, 3.63) is 40.3 Å². The van der Waals surface area contributed by atoms with Gasteiger partial charge in [-0.25, -0.2) is 0 Å². The Labute approximate surface area is 208 Å². The van der Waals surface area contributed by atoms with Gasteiger partial charge in [-0.3, -0.25) is 0 Å². The van der Waals surface area contributed by atoms with Crippen LogP contribution in [0.15, 0.2) is 24.3 Å². The number of carbonyl (C=O) groups excluding carboxylic acids is 1. The molecule has 0 unspecified atom stereocenters. The van der Waals surface area contributed by atoms with E-state index in [1.54, 1.807) is 8.96 Å². The Morgan fingerprint density at radius 2 is 1.52 bits per heavy atom. The van der Waals surface area contributed by atoms with Crippen molar-refractivity contribution in [1.29, 1.82) is 0 Å². The maximum atomic E-state index is 10.6. The summed E-state index contributed by atoms with van der Waals surface area (Å²) in [4.78, 5) is 12.0. The Kier molecular flexibility index (Phi) is 12.1. The second-order valence-corrected chi connectivity index (χ2v) is 24.5. The second kappa shape index (κ2) is 14.2. The molecule has 0 saturated carbocycles. The van der Waals surface area contributed by atoms with Crippen LogP contribution in [-0.2, 0) is 11.4 Å². The first-order chi connectivity index (χ1) is 15.8. The molecule has 0 aliphatic rings.